The van der Waals surface area contributed by atoms with E-state index in [1.54, 1.807) is 0 Å². The highest BCUT2D eigenvalue weighted by Crippen LogP contribution is 2.11. The van der Waals surface area contributed by atoms with Crippen LogP contribution in [0.1, 0.15) is 64.2 Å². The minimum absolute atomic E-state index is 0.322. The summed E-state index contributed by atoms with van der Waals surface area (Å²) in [5, 5.41) is 6.66. The van der Waals surface area contributed by atoms with Crippen LogP contribution in [0.25, 0.3) is 0 Å². The molecule has 2 heterocycles. The Kier molecular flexibility index (Phi) is 13.6. The van der Waals surface area contributed by atoms with Gasteiger partial charge in [0.15, 0.2) is 11.9 Å². The molecule has 12 heteroatoms. The number of hydrogen-bond acceptors (Lipinski definition) is 6. The van der Waals surface area contributed by atoms with Gasteiger partial charge in [-0.05, 0) is 12.8 Å². The summed E-state index contributed by atoms with van der Waals surface area (Å²) in [6, 6.07) is 0. The number of nitrogens with one attached hydrogen (secondary N) is 2. The molecular formula is C22H34Cl2N10. The lowest BCUT2D eigenvalue weighted by molar-refractivity contribution is 0.554. The van der Waals surface area contributed by atoms with Crippen molar-refractivity contribution in [1.29, 1.82) is 0 Å². The van der Waals surface area contributed by atoms with Crippen molar-refractivity contribution in [2.75, 3.05) is 23.7 Å². The molecule has 0 aliphatic heterocycles. The molecule has 2 aromatic rings. The van der Waals surface area contributed by atoms with E-state index in [1.165, 1.54) is 63.3 Å². The third-order valence-corrected chi connectivity index (χ3v) is 5.24. The standard InChI is InChI=1S/C22H34Cl2N10/c23-17-13-29-21(30-14-17)33-19(25)27-11-9-7-5-3-1-2-4-6-8-10-12-28-20(26)34-22-31-15-18(24)16-32-22/h13-16H,1-12H2,(H3,25,27,29,30,33)(H3,26,28,31,32,34). The summed E-state index contributed by atoms with van der Waals surface area (Å²) in [6.45, 7) is 1.39. The van der Waals surface area contributed by atoms with E-state index in [9.17, 15) is 0 Å². The predicted molar refractivity (Wildman–Crippen MR) is 140 cm³/mol. The minimum atomic E-state index is 0.322. The molecule has 0 saturated heterocycles. The Hall–Kier alpha value is -2.72. The SMILES string of the molecule is NC(=NCCCCCCCCCCCCN=C(N)Nc1ncc(Cl)cn1)Nc1ncc(Cl)cn1. The van der Waals surface area contributed by atoms with Crippen molar-refractivity contribution in [2.45, 2.75) is 64.2 Å². The van der Waals surface area contributed by atoms with Crippen LogP contribution in [0.15, 0.2) is 34.8 Å². The van der Waals surface area contributed by atoms with E-state index in [0.717, 1.165) is 25.7 Å². The molecule has 0 aromatic carbocycles. The number of hydrogen-bond donors (Lipinski definition) is 4. The molecule has 0 fully saturated rings. The number of halogens is 2. The van der Waals surface area contributed by atoms with E-state index < -0.39 is 0 Å². The minimum Gasteiger partial charge on any atom is -0.370 e. The molecule has 6 N–H and O–H groups in total. The highest BCUT2D eigenvalue weighted by molar-refractivity contribution is 6.30. The van der Waals surface area contributed by atoms with Crippen molar-refractivity contribution < 1.29 is 0 Å². The zero-order valence-corrected chi connectivity index (χ0v) is 20.9. The Morgan fingerprint density at radius 1 is 0.588 bits per heavy atom. The van der Waals surface area contributed by atoms with Crippen molar-refractivity contribution in [1.82, 2.24) is 19.9 Å². The van der Waals surface area contributed by atoms with Crippen LogP contribution in [-0.4, -0.2) is 44.9 Å². The number of anilines is 2. The molecule has 0 atom stereocenters. The summed E-state index contributed by atoms with van der Waals surface area (Å²) in [5.74, 6) is 1.43. The second-order valence-electron chi connectivity index (χ2n) is 7.77. The molecule has 0 aliphatic rings. The van der Waals surface area contributed by atoms with Gasteiger partial charge >= 0.3 is 0 Å². The first-order chi connectivity index (χ1) is 16.5. The number of aliphatic imine (C=N–C) groups is 2. The van der Waals surface area contributed by atoms with Gasteiger partial charge in [0.05, 0.1) is 34.8 Å². The van der Waals surface area contributed by atoms with Gasteiger partial charge in [-0.3, -0.25) is 20.6 Å². The largest absolute Gasteiger partial charge is 0.370 e. The third-order valence-electron chi connectivity index (χ3n) is 4.85. The molecule has 34 heavy (non-hydrogen) atoms. The zero-order valence-electron chi connectivity index (χ0n) is 19.4. The number of nitrogens with two attached hydrogens (primary N) is 2. The number of nitrogens with zero attached hydrogens (tertiary/aromatic N) is 6. The van der Waals surface area contributed by atoms with Crippen LogP contribution in [0.2, 0.25) is 10.0 Å². The Balaban J connectivity index is 1.37. The lowest BCUT2D eigenvalue weighted by Gasteiger charge is -2.04. The molecule has 186 valence electrons. The number of guanidine groups is 2. The lowest BCUT2D eigenvalue weighted by Crippen LogP contribution is -2.24. The molecular weight excluding hydrogens is 475 g/mol. The van der Waals surface area contributed by atoms with Gasteiger partial charge in [0.1, 0.15) is 0 Å². The molecule has 2 aromatic heterocycles. The molecule has 0 unspecified atom stereocenters. The van der Waals surface area contributed by atoms with Gasteiger partial charge in [-0.2, -0.15) is 0 Å². The van der Waals surface area contributed by atoms with Crippen LogP contribution in [0.3, 0.4) is 0 Å². The molecule has 10 nitrogen and oxygen atoms in total. The van der Waals surface area contributed by atoms with Crippen LogP contribution in [0.5, 0.6) is 0 Å². The lowest BCUT2D eigenvalue weighted by atomic mass is 10.1. The molecule has 0 saturated carbocycles. The Morgan fingerprint density at radius 2 is 0.882 bits per heavy atom. The third kappa shape index (κ3) is 13.1. The fourth-order valence-electron chi connectivity index (χ4n) is 3.10. The van der Waals surface area contributed by atoms with Crippen molar-refractivity contribution in [3.63, 3.8) is 0 Å². The maximum atomic E-state index is 5.83. The first-order valence-corrected chi connectivity index (χ1v) is 12.4. The van der Waals surface area contributed by atoms with Crippen LogP contribution >= 0.6 is 23.2 Å². The maximum absolute atomic E-state index is 5.83. The summed E-state index contributed by atoms with van der Waals surface area (Å²) in [7, 11) is 0. The fraction of sp³-hybridized carbons (Fsp3) is 0.545. The molecule has 0 radical (unpaired) electrons. The summed E-state index contributed by atoms with van der Waals surface area (Å²) in [6.07, 6.45) is 17.9. The first kappa shape index (κ1) is 27.5. The summed E-state index contributed by atoms with van der Waals surface area (Å²) in [5.41, 5.74) is 11.7. The average Bonchev–Trinajstić information content (AvgIpc) is 2.82. The van der Waals surface area contributed by atoms with Crippen molar-refractivity contribution in [3.05, 3.63) is 34.8 Å². The summed E-state index contributed by atoms with van der Waals surface area (Å²) >= 11 is 11.5. The molecule has 0 amide bonds. The normalized spacial score (nSPS) is 12.1. The van der Waals surface area contributed by atoms with Gasteiger partial charge < -0.3 is 11.5 Å². The van der Waals surface area contributed by atoms with Gasteiger partial charge in [0.2, 0.25) is 11.9 Å². The first-order valence-electron chi connectivity index (χ1n) is 11.6. The zero-order chi connectivity index (χ0) is 24.4. The van der Waals surface area contributed by atoms with Gasteiger partial charge in [-0.25, -0.2) is 19.9 Å². The van der Waals surface area contributed by atoms with Crippen LogP contribution in [-0.2, 0) is 0 Å². The van der Waals surface area contributed by atoms with Crippen LogP contribution in [0.4, 0.5) is 11.9 Å². The average molecular weight is 509 g/mol. The highest BCUT2D eigenvalue weighted by Gasteiger charge is 1.99. The quantitative estimate of drug-likeness (QED) is 0.154. The van der Waals surface area contributed by atoms with Gasteiger partial charge in [0, 0.05) is 13.1 Å². The topological polar surface area (TPSA) is 152 Å². The molecule has 0 bridgehead atoms. The second kappa shape index (κ2) is 16.8. The van der Waals surface area contributed by atoms with E-state index >= 15 is 0 Å². The number of rotatable bonds is 15. The molecule has 2 rings (SSSR count). The smallest absolute Gasteiger partial charge is 0.229 e. The summed E-state index contributed by atoms with van der Waals surface area (Å²) < 4.78 is 0. The fourth-order valence-corrected chi connectivity index (χ4v) is 3.29. The monoisotopic (exact) mass is 508 g/mol. The predicted octanol–water partition coefficient (Wildman–Crippen LogP) is 4.63. The van der Waals surface area contributed by atoms with E-state index in [0.29, 0.717) is 47.0 Å². The highest BCUT2D eigenvalue weighted by atomic mass is 35.5. The van der Waals surface area contributed by atoms with E-state index in [1.807, 2.05) is 0 Å². The van der Waals surface area contributed by atoms with Crippen LogP contribution in [0, 0.1) is 0 Å². The summed E-state index contributed by atoms with van der Waals surface area (Å²) in [4.78, 5) is 24.7. The Bertz CT molecular complexity index is 799. The number of unbranched alkanes of at least 4 members (excludes halogenated alkanes) is 9. The van der Waals surface area contributed by atoms with Gasteiger partial charge in [-0.15, -0.1) is 0 Å². The van der Waals surface area contributed by atoms with E-state index in [2.05, 4.69) is 40.6 Å². The van der Waals surface area contributed by atoms with Crippen LogP contribution < -0.4 is 22.1 Å². The Morgan fingerprint density at radius 3 is 1.21 bits per heavy atom. The van der Waals surface area contributed by atoms with Crippen molar-refractivity contribution >= 4 is 47.0 Å². The number of aromatic nitrogens is 4. The molecule has 0 aliphatic carbocycles. The Labute approximate surface area is 211 Å². The van der Waals surface area contributed by atoms with Crippen molar-refractivity contribution in [3.8, 4) is 0 Å². The van der Waals surface area contributed by atoms with Gasteiger partial charge in [0.25, 0.3) is 0 Å². The second-order valence-corrected chi connectivity index (χ2v) is 8.64. The van der Waals surface area contributed by atoms with Gasteiger partial charge in [-0.1, -0.05) is 74.6 Å². The molecule has 0 spiro atoms. The van der Waals surface area contributed by atoms with E-state index in [4.69, 9.17) is 34.7 Å². The van der Waals surface area contributed by atoms with Crippen molar-refractivity contribution in [2.24, 2.45) is 21.5 Å². The van der Waals surface area contributed by atoms with E-state index in [-0.39, 0.29) is 0 Å². The maximum Gasteiger partial charge on any atom is 0.229 e.